The lowest BCUT2D eigenvalue weighted by Crippen LogP contribution is -2.26. The summed E-state index contributed by atoms with van der Waals surface area (Å²) >= 11 is 0. The molecule has 1 aromatic rings. The van der Waals surface area contributed by atoms with E-state index in [-0.39, 0.29) is 0 Å². The highest BCUT2D eigenvalue weighted by molar-refractivity contribution is 5.15. The van der Waals surface area contributed by atoms with Gasteiger partial charge in [0.15, 0.2) is 0 Å². The Labute approximate surface area is 86.8 Å². The average Bonchev–Trinajstić information content (AvgIpc) is 2.20. The fraction of sp³-hybridized carbons (Fsp3) is 0.385. The summed E-state index contributed by atoms with van der Waals surface area (Å²) in [4.78, 5) is 0. The van der Waals surface area contributed by atoms with Gasteiger partial charge in [-0.15, -0.1) is 0 Å². The zero-order valence-corrected chi connectivity index (χ0v) is 9.09. The van der Waals surface area contributed by atoms with Crippen molar-refractivity contribution < 1.29 is 0 Å². The van der Waals surface area contributed by atoms with Crippen molar-refractivity contribution in [1.82, 2.24) is 5.32 Å². The van der Waals surface area contributed by atoms with Crippen molar-refractivity contribution in [3.8, 4) is 0 Å². The topological polar surface area (TPSA) is 12.0 Å². The Hall–Kier alpha value is -1.08. The summed E-state index contributed by atoms with van der Waals surface area (Å²) in [5.74, 6) is 0. The van der Waals surface area contributed by atoms with Crippen LogP contribution in [-0.4, -0.2) is 13.1 Å². The van der Waals surface area contributed by atoms with Crippen LogP contribution in [0.1, 0.15) is 18.9 Å². The number of hydrogen-bond acceptors (Lipinski definition) is 1. The first kappa shape index (κ1) is 11.0. The normalized spacial score (nSPS) is 12.4. The van der Waals surface area contributed by atoms with Gasteiger partial charge in [-0.25, -0.2) is 0 Å². The van der Waals surface area contributed by atoms with E-state index in [0.717, 1.165) is 12.8 Å². The average molecular weight is 189 g/mol. The molecule has 14 heavy (non-hydrogen) atoms. The maximum absolute atomic E-state index is 3.98. The quantitative estimate of drug-likeness (QED) is 0.702. The molecule has 1 heteroatoms. The highest BCUT2D eigenvalue weighted by Gasteiger charge is 2.05. The van der Waals surface area contributed by atoms with Crippen molar-refractivity contribution in [3.63, 3.8) is 0 Å². The van der Waals surface area contributed by atoms with E-state index >= 15 is 0 Å². The fourth-order valence-corrected chi connectivity index (χ4v) is 1.59. The van der Waals surface area contributed by atoms with E-state index in [1.54, 1.807) is 0 Å². The van der Waals surface area contributed by atoms with Crippen LogP contribution in [-0.2, 0) is 6.42 Å². The first-order chi connectivity index (χ1) is 6.74. The van der Waals surface area contributed by atoms with Crippen molar-refractivity contribution in [2.75, 3.05) is 7.05 Å². The molecular weight excluding hydrogens is 170 g/mol. The molecule has 0 amide bonds. The van der Waals surface area contributed by atoms with E-state index in [2.05, 4.69) is 49.2 Å². The van der Waals surface area contributed by atoms with Gasteiger partial charge in [0.2, 0.25) is 0 Å². The van der Waals surface area contributed by atoms with E-state index in [9.17, 15) is 0 Å². The standard InChI is InChI=1S/C13H19N/c1-11(2)13(14-3)10-9-12-7-5-4-6-8-12/h4-8,13-14H,1,9-10H2,2-3H3. The molecule has 0 spiro atoms. The molecule has 1 unspecified atom stereocenters. The third kappa shape index (κ3) is 3.35. The summed E-state index contributed by atoms with van der Waals surface area (Å²) in [7, 11) is 1.99. The van der Waals surface area contributed by atoms with Crippen molar-refractivity contribution in [2.45, 2.75) is 25.8 Å². The largest absolute Gasteiger partial charge is 0.313 e. The SMILES string of the molecule is C=C(C)C(CCc1ccccc1)NC. The van der Waals surface area contributed by atoms with Crippen LogP contribution in [0, 0.1) is 0 Å². The van der Waals surface area contributed by atoms with Gasteiger partial charge in [-0.3, -0.25) is 0 Å². The minimum absolute atomic E-state index is 0.440. The van der Waals surface area contributed by atoms with Crippen molar-refractivity contribution in [2.24, 2.45) is 0 Å². The fourth-order valence-electron chi connectivity index (χ4n) is 1.59. The Bertz CT molecular complexity index is 277. The number of aryl methyl sites for hydroxylation is 1. The molecule has 0 saturated heterocycles. The third-order valence-electron chi connectivity index (χ3n) is 2.51. The van der Waals surface area contributed by atoms with Crippen molar-refractivity contribution in [3.05, 3.63) is 48.0 Å². The van der Waals surface area contributed by atoms with Crippen LogP contribution in [0.15, 0.2) is 42.5 Å². The van der Waals surface area contributed by atoms with Crippen LogP contribution < -0.4 is 5.32 Å². The summed E-state index contributed by atoms with van der Waals surface area (Å²) in [6, 6.07) is 11.0. The van der Waals surface area contributed by atoms with E-state index in [1.807, 2.05) is 7.05 Å². The molecule has 1 aromatic carbocycles. The van der Waals surface area contributed by atoms with Crippen LogP contribution in [0.5, 0.6) is 0 Å². The second-order valence-corrected chi connectivity index (χ2v) is 3.71. The Morgan fingerprint density at radius 3 is 2.50 bits per heavy atom. The van der Waals surface area contributed by atoms with Gasteiger partial charge in [0, 0.05) is 6.04 Å². The van der Waals surface area contributed by atoms with Crippen LogP contribution >= 0.6 is 0 Å². The lowest BCUT2D eigenvalue weighted by Gasteiger charge is -2.15. The summed E-state index contributed by atoms with van der Waals surface area (Å²) in [5.41, 5.74) is 2.61. The molecule has 76 valence electrons. The molecule has 0 heterocycles. The molecule has 0 saturated carbocycles. The van der Waals surface area contributed by atoms with Gasteiger partial charge in [0.05, 0.1) is 0 Å². The molecule has 0 radical (unpaired) electrons. The van der Waals surface area contributed by atoms with Crippen molar-refractivity contribution in [1.29, 1.82) is 0 Å². The van der Waals surface area contributed by atoms with Gasteiger partial charge in [0.25, 0.3) is 0 Å². The smallest absolute Gasteiger partial charge is 0.0274 e. The highest BCUT2D eigenvalue weighted by atomic mass is 14.9. The zero-order chi connectivity index (χ0) is 10.4. The molecule has 1 rings (SSSR count). The van der Waals surface area contributed by atoms with Gasteiger partial charge in [-0.2, -0.15) is 0 Å². The maximum atomic E-state index is 3.98. The van der Waals surface area contributed by atoms with Crippen LogP contribution in [0.2, 0.25) is 0 Å². The molecule has 1 N–H and O–H groups in total. The molecule has 1 atom stereocenters. The Morgan fingerprint density at radius 1 is 1.36 bits per heavy atom. The molecule has 0 aliphatic rings. The summed E-state index contributed by atoms with van der Waals surface area (Å²) < 4.78 is 0. The molecule has 0 aromatic heterocycles. The summed E-state index contributed by atoms with van der Waals surface area (Å²) in [6.07, 6.45) is 2.23. The summed E-state index contributed by atoms with van der Waals surface area (Å²) in [5, 5.41) is 3.27. The van der Waals surface area contributed by atoms with Gasteiger partial charge in [-0.05, 0) is 32.4 Å². The number of likely N-dealkylation sites (N-methyl/N-ethyl adjacent to an activating group) is 1. The van der Waals surface area contributed by atoms with Crippen LogP contribution in [0.3, 0.4) is 0 Å². The first-order valence-electron chi connectivity index (χ1n) is 5.10. The second-order valence-electron chi connectivity index (χ2n) is 3.71. The number of benzene rings is 1. The Morgan fingerprint density at radius 2 is 2.00 bits per heavy atom. The zero-order valence-electron chi connectivity index (χ0n) is 9.09. The van der Waals surface area contributed by atoms with E-state index < -0.39 is 0 Å². The molecule has 0 fully saturated rings. The lowest BCUT2D eigenvalue weighted by atomic mass is 10.0. The Balaban J connectivity index is 2.44. The van der Waals surface area contributed by atoms with E-state index in [1.165, 1.54) is 11.1 Å². The minimum atomic E-state index is 0.440. The van der Waals surface area contributed by atoms with E-state index in [4.69, 9.17) is 0 Å². The van der Waals surface area contributed by atoms with Gasteiger partial charge < -0.3 is 5.32 Å². The maximum Gasteiger partial charge on any atom is 0.0274 e. The van der Waals surface area contributed by atoms with Crippen molar-refractivity contribution >= 4 is 0 Å². The molecule has 0 bridgehead atoms. The van der Waals surface area contributed by atoms with Crippen LogP contribution in [0.4, 0.5) is 0 Å². The molecule has 1 nitrogen and oxygen atoms in total. The number of hydrogen-bond donors (Lipinski definition) is 1. The first-order valence-corrected chi connectivity index (χ1v) is 5.10. The summed E-state index contributed by atoms with van der Waals surface area (Å²) in [6.45, 7) is 6.05. The minimum Gasteiger partial charge on any atom is -0.313 e. The van der Waals surface area contributed by atoms with Gasteiger partial charge in [-0.1, -0.05) is 42.5 Å². The molecule has 0 aliphatic heterocycles. The highest BCUT2D eigenvalue weighted by Crippen LogP contribution is 2.08. The Kier molecular flexibility index (Phi) is 4.41. The predicted octanol–water partition coefficient (Wildman–Crippen LogP) is 2.78. The van der Waals surface area contributed by atoms with Crippen LogP contribution in [0.25, 0.3) is 0 Å². The predicted molar refractivity (Wildman–Crippen MR) is 62.4 cm³/mol. The molecule has 0 aliphatic carbocycles. The van der Waals surface area contributed by atoms with E-state index in [0.29, 0.717) is 6.04 Å². The molecular formula is C13H19N. The monoisotopic (exact) mass is 189 g/mol. The number of nitrogens with one attached hydrogen (secondary N) is 1. The van der Waals surface area contributed by atoms with Gasteiger partial charge >= 0.3 is 0 Å². The van der Waals surface area contributed by atoms with Gasteiger partial charge in [0.1, 0.15) is 0 Å². The third-order valence-corrected chi connectivity index (χ3v) is 2.51. The number of rotatable bonds is 5. The lowest BCUT2D eigenvalue weighted by molar-refractivity contribution is 0.588. The second kappa shape index (κ2) is 5.61.